The van der Waals surface area contributed by atoms with Crippen molar-refractivity contribution < 1.29 is 18.3 Å². The van der Waals surface area contributed by atoms with Crippen LogP contribution in [-0.2, 0) is 19.6 Å². The number of benzene rings is 3. The van der Waals surface area contributed by atoms with Crippen molar-refractivity contribution in [3.63, 3.8) is 0 Å². The van der Waals surface area contributed by atoms with Crippen molar-refractivity contribution in [3.8, 4) is 5.75 Å². The highest BCUT2D eigenvalue weighted by Crippen LogP contribution is 2.29. The van der Waals surface area contributed by atoms with E-state index in [0.717, 1.165) is 22.6 Å². The van der Waals surface area contributed by atoms with Gasteiger partial charge in [-0.05, 0) is 60.5 Å². The third-order valence-corrected chi connectivity index (χ3v) is 7.34. The number of hydrogen-bond donors (Lipinski definition) is 0. The zero-order valence-electron chi connectivity index (χ0n) is 22.6. The number of para-hydroxylation sites is 2. The van der Waals surface area contributed by atoms with Crippen LogP contribution < -0.4 is 9.64 Å². The monoisotopic (exact) mass is 561 g/mol. The number of nitrogens with zero attached hydrogens (tertiary/aromatic N) is 3. The molecule has 0 radical (unpaired) electrons. The van der Waals surface area contributed by atoms with Crippen LogP contribution in [0.1, 0.15) is 34.4 Å². The van der Waals surface area contributed by atoms with Gasteiger partial charge in [0.1, 0.15) is 17.3 Å². The Kier molecular flexibility index (Phi) is 9.04. The Morgan fingerprint density at radius 1 is 0.925 bits per heavy atom. The van der Waals surface area contributed by atoms with E-state index in [1.165, 1.54) is 12.1 Å². The van der Waals surface area contributed by atoms with Crippen LogP contribution in [0.15, 0.2) is 89.3 Å². The maximum atomic E-state index is 13.9. The molecule has 1 aromatic heterocycles. The van der Waals surface area contributed by atoms with Crippen LogP contribution in [0.25, 0.3) is 0 Å². The van der Waals surface area contributed by atoms with Gasteiger partial charge in [-0.25, -0.2) is 4.39 Å². The lowest BCUT2D eigenvalue weighted by Crippen LogP contribution is -2.48. The number of ether oxygens (including phenoxy) is 1. The number of carbonyl (C=O) groups excluding carboxylic acids is 1. The second-order valence-corrected chi connectivity index (χ2v) is 10.2. The number of piperazine rings is 1. The van der Waals surface area contributed by atoms with Gasteiger partial charge in [-0.2, -0.15) is 0 Å². The molecule has 1 fully saturated rings. The first kappa shape index (κ1) is 27.7. The van der Waals surface area contributed by atoms with Crippen LogP contribution in [0.3, 0.4) is 0 Å². The number of halogens is 2. The van der Waals surface area contributed by atoms with Crippen molar-refractivity contribution >= 4 is 23.2 Å². The van der Waals surface area contributed by atoms with Crippen molar-refractivity contribution in [2.24, 2.45) is 0 Å². The van der Waals surface area contributed by atoms with Crippen LogP contribution in [0.2, 0.25) is 5.02 Å². The Morgan fingerprint density at radius 3 is 2.48 bits per heavy atom. The van der Waals surface area contributed by atoms with Gasteiger partial charge in [0.25, 0.3) is 5.91 Å². The van der Waals surface area contributed by atoms with E-state index in [9.17, 15) is 9.18 Å². The van der Waals surface area contributed by atoms with E-state index in [2.05, 4.69) is 15.9 Å². The fourth-order valence-corrected chi connectivity index (χ4v) is 5.22. The number of carbonyl (C=O) groups is 1. The third kappa shape index (κ3) is 6.84. The molecule has 0 unspecified atom stereocenters. The standard InChI is InChI=1S/C32H33ClFN3O3/c1-2-39-30-13-6-5-12-29(30)36-16-18-37(19-17-36)32(38)31-15-14-27(40-31)23-35(21-24-8-7-10-26(34)20-24)22-25-9-3-4-11-28(25)33/h3-15,20H,2,16-19,21-23H2,1H3. The largest absolute Gasteiger partial charge is 0.492 e. The molecular weight excluding hydrogens is 529 g/mol. The summed E-state index contributed by atoms with van der Waals surface area (Å²) in [5, 5.41) is 0.671. The first-order chi connectivity index (χ1) is 19.5. The van der Waals surface area contributed by atoms with Crippen LogP contribution >= 0.6 is 11.6 Å². The average molecular weight is 562 g/mol. The van der Waals surface area contributed by atoms with Crippen molar-refractivity contribution in [2.45, 2.75) is 26.6 Å². The average Bonchev–Trinajstić information content (AvgIpc) is 3.43. The Hall–Kier alpha value is -3.81. The number of amides is 1. The molecule has 0 bridgehead atoms. The molecule has 0 atom stereocenters. The molecule has 0 spiro atoms. The molecule has 1 aliphatic heterocycles. The van der Waals surface area contributed by atoms with Crippen LogP contribution in [0.5, 0.6) is 5.75 Å². The summed E-state index contributed by atoms with van der Waals surface area (Å²) in [6.45, 7) is 6.67. The first-order valence-electron chi connectivity index (χ1n) is 13.5. The van der Waals surface area contributed by atoms with Gasteiger partial charge in [0.2, 0.25) is 0 Å². The summed E-state index contributed by atoms with van der Waals surface area (Å²) in [5.41, 5.74) is 2.86. The second kappa shape index (κ2) is 13.0. The van der Waals surface area contributed by atoms with Crippen molar-refractivity contribution in [2.75, 3.05) is 37.7 Å². The number of anilines is 1. The third-order valence-electron chi connectivity index (χ3n) is 6.97. The topological polar surface area (TPSA) is 49.2 Å². The highest BCUT2D eigenvalue weighted by molar-refractivity contribution is 6.31. The second-order valence-electron chi connectivity index (χ2n) is 9.81. The van der Waals surface area contributed by atoms with Gasteiger partial charge in [-0.1, -0.05) is 54.1 Å². The van der Waals surface area contributed by atoms with E-state index in [4.69, 9.17) is 20.8 Å². The summed E-state index contributed by atoms with van der Waals surface area (Å²) in [5.74, 6) is 1.45. The SMILES string of the molecule is CCOc1ccccc1N1CCN(C(=O)c2ccc(CN(Cc3cccc(F)c3)Cc3ccccc3Cl)o2)CC1. The fourth-order valence-electron chi connectivity index (χ4n) is 5.03. The minimum Gasteiger partial charge on any atom is -0.492 e. The molecule has 2 heterocycles. The molecule has 1 amide bonds. The molecule has 4 aromatic rings. The molecule has 1 saturated heterocycles. The maximum Gasteiger partial charge on any atom is 0.289 e. The number of rotatable bonds is 10. The highest BCUT2D eigenvalue weighted by Gasteiger charge is 2.26. The van der Waals surface area contributed by atoms with Gasteiger partial charge < -0.3 is 19.0 Å². The summed E-state index contributed by atoms with van der Waals surface area (Å²) in [4.78, 5) is 19.5. The number of hydrogen-bond acceptors (Lipinski definition) is 5. The predicted molar refractivity (Wildman–Crippen MR) is 155 cm³/mol. The smallest absolute Gasteiger partial charge is 0.289 e. The van der Waals surface area contributed by atoms with Gasteiger partial charge in [0, 0.05) is 44.3 Å². The highest BCUT2D eigenvalue weighted by atomic mass is 35.5. The summed E-state index contributed by atoms with van der Waals surface area (Å²) >= 11 is 6.43. The summed E-state index contributed by atoms with van der Waals surface area (Å²) in [6, 6.07) is 25.8. The molecule has 0 saturated carbocycles. The lowest BCUT2D eigenvalue weighted by atomic mass is 10.1. The molecule has 8 heteroatoms. The minimum absolute atomic E-state index is 0.119. The minimum atomic E-state index is -0.275. The molecular formula is C32H33ClFN3O3. The van der Waals surface area contributed by atoms with Gasteiger partial charge >= 0.3 is 0 Å². The summed E-state index contributed by atoms with van der Waals surface area (Å²) in [6.07, 6.45) is 0. The van der Waals surface area contributed by atoms with E-state index in [-0.39, 0.29) is 11.7 Å². The summed E-state index contributed by atoms with van der Waals surface area (Å²) in [7, 11) is 0. The van der Waals surface area contributed by atoms with Crippen molar-refractivity contribution in [1.29, 1.82) is 0 Å². The van der Waals surface area contributed by atoms with Gasteiger partial charge in [0.05, 0.1) is 18.8 Å². The molecule has 208 valence electrons. The Morgan fingerprint density at radius 2 is 1.70 bits per heavy atom. The molecule has 5 rings (SSSR count). The van der Waals surface area contributed by atoms with E-state index < -0.39 is 0 Å². The molecule has 0 N–H and O–H groups in total. The molecule has 1 aliphatic rings. The van der Waals surface area contributed by atoms with Crippen molar-refractivity contribution in [1.82, 2.24) is 9.80 Å². The fraction of sp³-hybridized carbons (Fsp3) is 0.281. The zero-order chi connectivity index (χ0) is 27.9. The lowest BCUT2D eigenvalue weighted by molar-refractivity contribution is 0.0710. The van der Waals surface area contributed by atoms with Gasteiger partial charge in [-0.15, -0.1) is 0 Å². The van der Waals surface area contributed by atoms with Crippen LogP contribution in [0, 0.1) is 5.82 Å². The van der Waals surface area contributed by atoms with E-state index in [0.29, 0.717) is 69.0 Å². The van der Waals surface area contributed by atoms with E-state index in [1.54, 1.807) is 12.1 Å². The predicted octanol–water partition coefficient (Wildman–Crippen LogP) is 6.64. The van der Waals surface area contributed by atoms with Crippen LogP contribution in [0.4, 0.5) is 10.1 Å². The Labute approximate surface area is 239 Å². The maximum absolute atomic E-state index is 13.9. The zero-order valence-corrected chi connectivity index (χ0v) is 23.3. The van der Waals surface area contributed by atoms with E-state index >= 15 is 0 Å². The molecule has 3 aromatic carbocycles. The summed E-state index contributed by atoms with van der Waals surface area (Å²) < 4.78 is 25.7. The molecule has 0 aliphatic carbocycles. The normalized spacial score (nSPS) is 13.6. The van der Waals surface area contributed by atoms with Crippen LogP contribution in [-0.4, -0.2) is 48.5 Å². The van der Waals surface area contributed by atoms with Gasteiger partial charge in [0.15, 0.2) is 5.76 Å². The Bertz CT molecular complexity index is 1430. The van der Waals surface area contributed by atoms with Gasteiger partial charge in [-0.3, -0.25) is 9.69 Å². The lowest BCUT2D eigenvalue weighted by Gasteiger charge is -2.36. The number of furan rings is 1. The Balaban J connectivity index is 1.24. The molecule has 40 heavy (non-hydrogen) atoms. The molecule has 6 nitrogen and oxygen atoms in total. The van der Waals surface area contributed by atoms with E-state index in [1.807, 2.05) is 66.4 Å². The quantitative estimate of drug-likeness (QED) is 0.217. The van der Waals surface area contributed by atoms with Crippen molar-refractivity contribution in [3.05, 3.63) is 118 Å². The first-order valence-corrected chi connectivity index (χ1v) is 13.9.